The lowest BCUT2D eigenvalue weighted by atomic mass is 10.0. The number of oxazole rings is 1. The SMILES string of the molecule is Brc1ccc(-c2nc(CN3CCCC(N4CCCC4)C3)co2)cc1. The van der Waals surface area contributed by atoms with E-state index in [2.05, 4.69) is 30.7 Å². The Morgan fingerprint density at radius 2 is 1.88 bits per heavy atom. The number of rotatable bonds is 4. The molecule has 2 aliphatic heterocycles. The quantitative estimate of drug-likeness (QED) is 0.785. The average Bonchev–Trinajstić information content (AvgIpc) is 3.28. The van der Waals surface area contributed by atoms with Crippen LogP contribution in [0.3, 0.4) is 0 Å². The summed E-state index contributed by atoms with van der Waals surface area (Å²) in [5.74, 6) is 0.714. The zero-order valence-corrected chi connectivity index (χ0v) is 15.5. The summed E-state index contributed by atoms with van der Waals surface area (Å²) < 4.78 is 6.76. The van der Waals surface area contributed by atoms with E-state index in [0.29, 0.717) is 5.89 Å². The van der Waals surface area contributed by atoms with Crippen molar-refractivity contribution in [2.24, 2.45) is 0 Å². The number of aromatic nitrogens is 1. The molecule has 2 saturated heterocycles. The fourth-order valence-corrected chi connectivity index (χ4v) is 4.18. The number of nitrogens with zero attached hydrogens (tertiary/aromatic N) is 3. The molecule has 0 saturated carbocycles. The van der Waals surface area contributed by atoms with Gasteiger partial charge in [-0.15, -0.1) is 0 Å². The second-order valence-corrected chi connectivity index (χ2v) is 7.84. The standard InChI is InChI=1S/C19H24BrN3O/c20-16-7-5-15(6-8-16)19-21-17(14-24-19)12-22-9-3-4-18(13-22)23-10-1-2-11-23/h5-8,14,18H,1-4,9-13H2. The van der Waals surface area contributed by atoms with Gasteiger partial charge in [-0.1, -0.05) is 15.9 Å². The van der Waals surface area contributed by atoms with Gasteiger partial charge < -0.3 is 4.42 Å². The molecule has 24 heavy (non-hydrogen) atoms. The van der Waals surface area contributed by atoms with Crippen molar-refractivity contribution >= 4 is 15.9 Å². The lowest BCUT2D eigenvalue weighted by Crippen LogP contribution is -2.46. The summed E-state index contributed by atoms with van der Waals surface area (Å²) in [4.78, 5) is 9.91. The summed E-state index contributed by atoms with van der Waals surface area (Å²) in [5, 5.41) is 0. The van der Waals surface area contributed by atoms with Gasteiger partial charge in [-0.05, 0) is 69.6 Å². The van der Waals surface area contributed by atoms with Crippen molar-refractivity contribution in [2.45, 2.75) is 38.3 Å². The maximum absolute atomic E-state index is 5.70. The largest absolute Gasteiger partial charge is 0.444 e. The predicted molar refractivity (Wildman–Crippen MR) is 98.7 cm³/mol. The number of halogens is 1. The maximum Gasteiger partial charge on any atom is 0.226 e. The van der Waals surface area contributed by atoms with Crippen LogP contribution in [0.2, 0.25) is 0 Å². The molecule has 1 aromatic carbocycles. The maximum atomic E-state index is 5.70. The minimum Gasteiger partial charge on any atom is -0.444 e. The Balaban J connectivity index is 1.39. The summed E-state index contributed by atoms with van der Waals surface area (Å²) in [6.07, 6.45) is 7.20. The number of likely N-dealkylation sites (tertiary alicyclic amines) is 2. The Hall–Kier alpha value is -1.17. The molecule has 4 rings (SSSR count). The normalized spacial score (nSPS) is 23.0. The van der Waals surface area contributed by atoms with Crippen molar-refractivity contribution in [3.8, 4) is 11.5 Å². The van der Waals surface area contributed by atoms with Crippen LogP contribution >= 0.6 is 15.9 Å². The Kier molecular flexibility index (Phi) is 5.01. The van der Waals surface area contributed by atoms with Crippen LogP contribution in [0.25, 0.3) is 11.5 Å². The smallest absolute Gasteiger partial charge is 0.226 e. The number of hydrogen-bond donors (Lipinski definition) is 0. The summed E-state index contributed by atoms with van der Waals surface area (Å²) >= 11 is 3.46. The zero-order chi connectivity index (χ0) is 16.4. The molecule has 0 radical (unpaired) electrons. The van der Waals surface area contributed by atoms with Gasteiger partial charge in [0, 0.05) is 29.2 Å². The van der Waals surface area contributed by atoms with Gasteiger partial charge >= 0.3 is 0 Å². The first-order valence-electron chi connectivity index (χ1n) is 8.95. The summed E-state index contributed by atoms with van der Waals surface area (Å²) in [7, 11) is 0. The van der Waals surface area contributed by atoms with E-state index in [-0.39, 0.29) is 0 Å². The molecule has 1 atom stereocenters. The molecule has 2 aliphatic rings. The molecule has 0 amide bonds. The predicted octanol–water partition coefficient (Wildman–Crippen LogP) is 4.16. The Morgan fingerprint density at radius 3 is 2.67 bits per heavy atom. The molecule has 0 spiro atoms. The molecular weight excluding hydrogens is 366 g/mol. The van der Waals surface area contributed by atoms with Crippen LogP contribution in [-0.4, -0.2) is 47.0 Å². The molecule has 128 valence electrons. The summed E-state index contributed by atoms with van der Waals surface area (Å²) in [6.45, 7) is 5.81. The molecule has 1 aromatic heterocycles. The Bertz CT molecular complexity index is 664. The summed E-state index contributed by atoms with van der Waals surface area (Å²) in [6, 6.07) is 8.84. The molecule has 2 fully saturated rings. The van der Waals surface area contributed by atoms with Crippen LogP contribution in [0.15, 0.2) is 39.4 Å². The van der Waals surface area contributed by atoms with Crippen LogP contribution in [0.5, 0.6) is 0 Å². The minimum absolute atomic E-state index is 0.714. The molecule has 0 bridgehead atoms. The fraction of sp³-hybridized carbons (Fsp3) is 0.526. The van der Waals surface area contributed by atoms with Crippen LogP contribution in [0.4, 0.5) is 0 Å². The van der Waals surface area contributed by atoms with Gasteiger partial charge in [0.25, 0.3) is 0 Å². The topological polar surface area (TPSA) is 32.5 Å². The molecule has 5 heteroatoms. The number of piperidine rings is 1. The molecule has 2 aromatic rings. The van der Waals surface area contributed by atoms with Gasteiger partial charge in [0.15, 0.2) is 0 Å². The van der Waals surface area contributed by atoms with Gasteiger partial charge in [0.05, 0.1) is 5.69 Å². The highest BCUT2D eigenvalue weighted by molar-refractivity contribution is 9.10. The van der Waals surface area contributed by atoms with Gasteiger partial charge in [0.2, 0.25) is 5.89 Å². The third-order valence-electron chi connectivity index (χ3n) is 5.17. The number of benzene rings is 1. The molecule has 0 N–H and O–H groups in total. The van der Waals surface area contributed by atoms with Crippen molar-refractivity contribution in [1.82, 2.24) is 14.8 Å². The van der Waals surface area contributed by atoms with Crippen LogP contribution in [-0.2, 0) is 6.54 Å². The molecule has 3 heterocycles. The van der Waals surface area contributed by atoms with Crippen molar-refractivity contribution in [2.75, 3.05) is 26.2 Å². The minimum atomic E-state index is 0.714. The van der Waals surface area contributed by atoms with E-state index in [4.69, 9.17) is 4.42 Å². The van der Waals surface area contributed by atoms with Crippen molar-refractivity contribution in [3.63, 3.8) is 0 Å². The van der Waals surface area contributed by atoms with Crippen LogP contribution in [0.1, 0.15) is 31.4 Å². The van der Waals surface area contributed by atoms with Crippen molar-refractivity contribution < 1.29 is 4.42 Å². The monoisotopic (exact) mass is 389 g/mol. The van der Waals surface area contributed by atoms with Gasteiger partial charge in [-0.3, -0.25) is 9.80 Å². The Morgan fingerprint density at radius 1 is 1.08 bits per heavy atom. The fourth-order valence-electron chi connectivity index (χ4n) is 3.91. The lowest BCUT2D eigenvalue weighted by Gasteiger charge is -2.37. The third kappa shape index (κ3) is 3.73. The van der Waals surface area contributed by atoms with E-state index in [1.54, 1.807) is 0 Å². The van der Waals surface area contributed by atoms with Gasteiger partial charge in [0.1, 0.15) is 6.26 Å². The van der Waals surface area contributed by atoms with Crippen LogP contribution in [0, 0.1) is 0 Å². The zero-order valence-electron chi connectivity index (χ0n) is 14.0. The molecule has 1 unspecified atom stereocenters. The van der Waals surface area contributed by atoms with E-state index in [1.165, 1.54) is 51.9 Å². The highest BCUT2D eigenvalue weighted by atomic mass is 79.9. The molecular formula is C19H24BrN3O. The van der Waals surface area contributed by atoms with E-state index < -0.39 is 0 Å². The highest BCUT2D eigenvalue weighted by Crippen LogP contribution is 2.24. The molecule has 4 nitrogen and oxygen atoms in total. The van der Waals surface area contributed by atoms with Gasteiger partial charge in [-0.2, -0.15) is 0 Å². The van der Waals surface area contributed by atoms with E-state index >= 15 is 0 Å². The average molecular weight is 390 g/mol. The van der Waals surface area contributed by atoms with Crippen molar-refractivity contribution in [1.29, 1.82) is 0 Å². The van der Waals surface area contributed by atoms with Crippen LogP contribution < -0.4 is 0 Å². The number of hydrogen-bond acceptors (Lipinski definition) is 4. The Labute approximate surface area is 152 Å². The summed E-state index contributed by atoms with van der Waals surface area (Å²) in [5.41, 5.74) is 2.06. The first-order chi connectivity index (χ1) is 11.8. The second kappa shape index (κ2) is 7.38. The van der Waals surface area contributed by atoms with Crippen molar-refractivity contribution in [3.05, 3.63) is 40.7 Å². The van der Waals surface area contributed by atoms with E-state index in [9.17, 15) is 0 Å². The van der Waals surface area contributed by atoms with E-state index in [0.717, 1.165) is 28.3 Å². The highest BCUT2D eigenvalue weighted by Gasteiger charge is 2.27. The first-order valence-corrected chi connectivity index (χ1v) is 9.74. The van der Waals surface area contributed by atoms with E-state index in [1.807, 2.05) is 30.5 Å². The first kappa shape index (κ1) is 16.3. The van der Waals surface area contributed by atoms with Gasteiger partial charge in [-0.25, -0.2) is 4.98 Å². The third-order valence-corrected chi connectivity index (χ3v) is 5.69. The second-order valence-electron chi connectivity index (χ2n) is 6.93. The lowest BCUT2D eigenvalue weighted by molar-refractivity contribution is 0.110. The molecule has 0 aliphatic carbocycles.